The smallest absolute Gasteiger partial charge is 0.0900 e. The van der Waals surface area contributed by atoms with Gasteiger partial charge in [-0.25, -0.2) is 0 Å². The molecule has 0 aliphatic heterocycles. The Morgan fingerprint density at radius 3 is 2.12 bits per heavy atom. The average molecular weight is 119 g/mol. The van der Waals surface area contributed by atoms with E-state index in [1.807, 2.05) is 13.8 Å². The van der Waals surface area contributed by atoms with Crippen molar-refractivity contribution in [2.75, 3.05) is 13.2 Å². The first kappa shape index (κ1) is 7.89. The molecule has 0 radical (unpaired) electrons. The third-order valence-electron chi connectivity index (χ3n) is 1.32. The predicted molar refractivity (Wildman–Crippen MR) is 33.4 cm³/mol. The third-order valence-corrected chi connectivity index (χ3v) is 1.32. The van der Waals surface area contributed by atoms with Crippen LogP contribution in [-0.2, 0) is 0 Å². The second kappa shape index (κ2) is 3.02. The molecule has 2 N–H and O–H groups in total. The summed E-state index contributed by atoms with van der Waals surface area (Å²) in [5, 5.41) is 0. The van der Waals surface area contributed by atoms with Crippen LogP contribution in [0.25, 0.3) is 0 Å². The molecule has 0 amide bonds. The van der Waals surface area contributed by atoms with Gasteiger partial charge in [-0.1, -0.05) is 13.8 Å². The summed E-state index contributed by atoms with van der Waals surface area (Å²) in [7, 11) is 0. The Hall–Kier alpha value is -0.110. The minimum Gasteiger partial charge on any atom is -0.330 e. The zero-order valence-corrected chi connectivity index (χ0v) is 5.58. The van der Waals surface area contributed by atoms with Crippen molar-refractivity contribution < 1.29 is 4.39 Å². The van der Waals surface area contributed by atoms with E-state index in [2.05, 4.69) is 0 Å². The number of alkyl halides is 1. The van der Waals surface area contributed by atoms with Gasteiger partial charge in [0.2, 0.25) is 0 Å². The van der Waals surface area contributed by atoms with Crippen LogP contribution in [0.2, 0.25) is 0 Å². The van der Waals surface area contributed by atoms with Crippen molar-refractivity contribution in [1.29, 1.82) is 0 Å². The maximum Gasteiger partial charge on any atom is 0.0900 e. The SMILES string of the molecule is CC(C)(CN)CCF. The number of nitrogens with two attached hydrogens (primary N) is 1. The van der Waals surface area contributed by atoms with Crippen LogP contribution in [0.3, 0.4) is 0 Å². The monoisotopic (exact) mass is 119 g/mol. The van der Waals surface area contributed by atoms with Gasteiger partial charge in [-0.05, 0) is 18.4 Å². The van der Waals surface area contributed by atoms with Gasteiger partial charge in [0.1, 0.15) is 0 Å². The van der Waals surface area contributed by atoms with Crippen molar-refractivity contribution in [1.82, 2.24) is 0 Å². The number of halogens is 1. The Labute approximate surface area is 50.1 Å². The first-order valence-electron chi connectivity index (χ1n) is 2.88. The van der Waals surface area contributed by atoms with E-state index in [0.29, 0.717) is 13.0 Å². The fourth-order valence-corrected chi connectivity index (χ4v) is 0.358. The standard InChI is InChI=1S/C6H14FN/c1-6(2,5-8)3-4-7/h3-5,8H2,1-2H3. The van der Waals surface area contributed by atoms with Gasteiger partial charge in [0, 0.05) is 0 Å². The second-order valence-electron chi connectivity index (χ2n) is 2.81. The Kier molecular flexibility index (Phi) is 2.98. The summed E-state index contributed by atoms with van der Waals surface area (Å²) in [6.07, 6.45) is 0.573. The molecule has 0 aromatic heterocycles. The summed E-state index contributed by atoms with van der Waals surface area (Å²) in [5.41, 5.74) is 5.32. The molecule has 0 aliphatic rings. The lowest BCUT2D eigenvalue weighted by Crippen LogP contribution is -2.23. The minimum atomic E-state index is -0.260. The minimum absolute atomic E-state index is 0.00521. The molecule has 0 unspecified atom stereocenters. The van der Waals surface area contributed by atoms with Crippen molar-refractivity contribution in [3.8, 4) is 0 Å². The molecule has 50 valence electrons. The summed E-state index contributed by atoms with van der Waals surface area (Å²) in [5.74, 6) is 0. The highest BCUT2D eigenvalue weighted by Crippen LogP contribution is 2.17. The molecular formula is C6H14FN. The molecule has 8 heavy (non-hydrogen) atoms. The van der Waals surface area contributed by atoms with E-state index < -0.39 is 0 Å². The largest absolute Gasteiger partial charge is 0.330 e. The van der Waals surface area contributed by atoms with E-state index in [1.165, 1.54) is 0 Å². The van der Waals surface area contributed by atoms with E-state index in [0.717, 1.165) is 0 Å². The lowest BCUT2D eigenvalue weighted by Gasteiger charge is -2.19. The van der Waals surface area contributed by atoms with Crippen LogP contribution in [0.15, 0.2) is 0 Å². The lowest BCUT2D eigenvalue weighted by molar-refractivity contribution is 0.297. The van der Waals surface area contributed by atoms with Gasteiger partial charge in [0.25, 0.3) is 0 Å². The van der Waals surface area contributed by atoms with E-state index >= 15 is 0 Å². The molecular weight excluding hydrogens is 105 g/mol. The zero-order chi connectivity index (χ0) is 6.62. The molecule has 0 saturated heterocycles. The van der Waals surface area contributed by atoms with Crippen LogP contribution in [0, 0.1) is 5.41 Å². The molecule has 0 aliphatic carbocycles. The van der Waals surface area contributed by atoms with Crippen LogP contribution < -0.4 is 5.73 Å². The van der Waals surface area contributed by atoms with Gasteiger partial charge in [0.15, 0.2) is 0 Å². The molecule has 1 nitrogen and oxygen atoms in total. The third kappa shape index (κ3) is 2.97. The van der Waals surface area contributed by atoms with Gasteiger partial charge in [-0.2, -0.15) is 0 Å². The highest BCUT2D eigenvalue weighted by atomic mass is 19.1. The van der Waals surface area contributed by atoms with Gasteiger partial charge >= 0.3 is 0 Å². The molecule has 0 bridgehead atoms. The molecule has 0 rings (SSSR count). The molecule has 2 heteroatoms. The molecule has 0 heterocycles. The van der Waals surface area contributed by atoms with Crippen molar-refractivity contribution in [2.24, 2.45) is 11.1 Å². The quantitative estimate of drug-likeness (QED) is 0.596. The normalized spacial score (nSPS) is 12.0. The van der Waals surface area contributed by atoms with Crippen molar-refractivity contribution >= 4 is 0 Å². The summed E-state index contributed by atoms with van der Waals surface area (Å²) < 4.78 is 11.6. The van der Waals surface area contributed by atoms with Crippen LogP contribution in [0.5, 0.6) is 0 Å². The maximum atomic E-state index is 11.6. The highest BCUT2D eigenvalue weighted by molar-refractivity contribution is 4.67. The van der Waals surface area contributed by atoms with Crippen LogP contribution in [0.1, 0.15) is 20.3 Å². The molecule has 0 aromatic carbocycles. The summed E-state index contributed by atoms with van der Waals surface area (Å²) in [6.45, 7) is 4.24. The predicted octanol–water partition coefficient (Wildman–Crippen LogP) is 1.33. The summed E-state index contributed by atoms with van der Waals surface area (Å²) in [4.78, 5) is 0. The second-order valence-corrected chi connectivity index (χ2v) is 2.81. The van der Waals surface area contributed by atoms with Crippen molar-refractivity contribution in [3.63, 3.8) is 0 Å². The first-order chi connectivity index (χ1) is 3.62. The van der Waals surface area contributed by atoms with Crippen molar-refractivity contribution in [3.05, 3.63) is 0 Å². The van der Waals surface area contributed by atoms with Gasteiger partial charge in [0.05, 0.1) is 6.67 Å². The highest BCUT2D eigenvalue weighted by Gasteiger charge is 2.13. The average Bonchev–Trinajstić information content (AvgIpc) is 1.67. The Bertz CT molecular complexity index is 61.5. The molecule has 0 spiro atoms. The van der Waals surface area contributed by atoms with Crippen LogP contribution in [-0.4, -0.2) is 13.2 Å². The fraction of sp³-hybridized carbons (Fsp3) is 1.00. The topological polar surface area (TPSA) is 26.0 Å². The number of rotatable bonds is 3. The van der Waals surface area contributed by atoms with E-state index in [9.17, 15) is 4.39 Å². The zero-order valence-electron chi connectivity index (χ0n) is 5.58. The van der Waals surface area contributed by atoms with Crippen LogP contribution >= 0.6 is 0 Å². The first-order valence-corrected chi connectivity index (χ1v) is 2.88. The van der Waals surface area contributed by atoms with Gasteiger partial charge < -0.3 is 5.73 Å². The Morgan fingerprint density at radius 2 is 2.00 bits per heavy atom. The maximum absolute atomic E-state index is 11.6. The Morgan fingerprint density at radius 1 is 1.50 bits per heavy atom. The van der Waals surface area contributed by atoms with E-state index in [1.54, 1.807) is 0 Å². The Balaban J connectivity index is 3.37. The van der Waals surface area contributed by atoms with Crippen molar-refractivity contribution in [2.45, 2.75) is 20.3 Å². The number of hydrogen-bond donors (Lipinski definition) is 1. The lowest BCUT2D eigenvalue weighted by atomic mass is 9.90. The molecule has 0 atom stereocenters. The fourth-order valence-electron chi connectivity index (χ4n) is 0.358. The van der Waals surface area contributed by atoms with Gasteiger partial charge in [-0.15, -0.1) is 0 Å². The van der Waals surface area contributed by atoms with E-state index in [-0.39, 0.29) is 12.1 Å². The summed E-state index contributed by atoms with van der Waals surface area (Å²) in [6, 6.07) is 0. The molecule has 0 saturated carbocycles. The summed E-state index contributed by atoms with van der Waals surface area (Å²) >= 11 is 0. The van der Waals surface area contributed by atoms with Gasteiger partial charge in [-0.3, -0.25) is 4.39 Å². The molecule has 0 fully saturated rings. The van der Waals surface area contributed by atoms with E-state index in [4.69, 9.17) is 5.73 Å². The van der Waals surface area contributed by atoms with Crippen LogP contribution in [0.4, 0.5) is 4.39 Å². The molecule has 0 aromatic rings. The number of hydrogen-bond acceptors (Lipinski definition) is 1.